The summed E-state index contributed by atoms with van der Waals surface area (Å²) in [5.74, 6) is -3.28. The van der Waals surface area contributed by atoms with Crippen molar-refractivity contribution >= 4 is 32.7 Å². The van der Waals surface area contributed by atoms with Crippen LogP contribution in [0.4, 0.5) is 8.78 Å². The molecule has 0 atom stereocenters. The Hall–Kier alpha value is -4.32. The van der Waals surface area contributed by atoms with Gasteiger partial charge in [0.2, 0.25) is 15.9 Å². The van der Waals surface area contributed by atoms with E-state index in [-0.39, 0.29) is 50.8 Å². The molecule has 0 aliphatic rings. The first kappa shape index (κ1) is 25.8. The molecule has 9 nitrogen and oxygen atoms in total. The van der Waals surface area contributed by atoms with E-state index >= 15 is 0 Å². The van der Waals surface area contributed by atoms with Crippen LogP contribution in [0.5, 0.6) is 0 Å². The maximum Gasteiger partial charge on any atom is 0.282 e. The average Bonchev–Trinajstić information content (AvgIpc) is 3.11. The van der Waals surface area contributed by atoms with E-state index in [9.17, 15) is 31.6 Å². The third kappa shape index (κ3) is 5.00. The molecular weight excluding hydrogens is 506 g/mol. The second-order valence-electron chi connectivity index (χ2n) is 8.41. The highest BCUT2D eigenvalue weighted by Crippen LogP contribution is 2.36. The lowest BCUT2D eigenvalue weighted by Crippen LogP contribution is -2.32. The van der Waals surface area contributed by atoms with Gasteiger partial charge < -0.3 is 15.3 Å². The Labute approximate surface area is 210 Å². The van der Waals surface area contributed by atoms with Crippen LogP contribution in [0, 0.1) is 11.6 Å². The molecule has 192 valence electrons. The van der Waals surface area contributed by atoms with Crippen LogP contribution < -0.4 is 16.0 Å². The number of nitrogens with one attached hydrogen (secondary N) is 2. The van der Waals surface area contributed by atoms with E-state index in [0.717, 1.165) is 18.4 Å². The lowest BCUT2D eigenvalue weighted by Gasteiger charge is -2.13. The van der Waals surface area contributed by atoms with Crippen molar-refractivity contribution in [1.82, 2.24) is 14.3 Å². The Bertz CT molecular complexity index is 1740. The molecule has 0 fully saturated rings. The number of aryl methyl sites for hydroxylation is 1. The fourth-order valence-electron chi connectivity index (χ4n) is 4.21. The highest BCUT2D eigenvalue weighted by molar-refractivity contribution is 7.89. The van der Waals surface area contributed by atoms with Gasteiger partial charge in [0.05, 0.1) is 18.3 Å². The van der Waals surface area contributed by atoms with E-state index in [2.05, 4.69) is 4.98 Å². The molecule has 4 aromatic rings. The Kier molecular flexibility index (Phi) is 6.70. The van der Waals surface area contributed by atoms with Crippen molar-refractivity contribution in [3.8, 4) is 11.1 Å². The van der Waals surface area contributed by atoms with Crippen molar-refractivity contribution < 1.29 is 26.8 Å². The molecule has 4 rings (SSSR count). The number of hydrogen-bond donors (Lipinski definition) is 3. The predicted molar refractivity (Wildman–Crippen MR) is 134 cm³/mol. The molecule has 0 bridgehead atoms. The molecule has 0 aliphatic carbocycles. The van der Waals surface area contributed by atoms with E-state index in [1.807, 2.05) is 4.72 Å². The summed E-state index contributed by atoms with van der Waals surface area (Å²) < 4.78 is 56.8. The number of hydrogen-bond acceptors (Lipinski definition) is 5. The lowest BCUT2D eigenvalue weighted by molar-refractivity contribution is 0.0971. The van der Waals surface area contributed by atoms with Crippen molar-refractivity contribution in [2.24, 2.45) is 5.73 Å². The number of fused-ring (bicyclic) bond motifs is 1. The summed E-state index contributed by atoms with van der Waals surface area (Å²) in [6.07, 6.45) is 2.44. The number of benzene rings is 2. The van der Waals surface area contributed by atoms with Gasteiger partial charge in [0.15, 0.2) is 0 Å². The van der Waals surface area contributed by atoms with Crippen LogP contribution in [0.15, 0.2) is 53.5 Å². The van der Waals surface area contributed by atoms with Gasteiger partial charge in [0.1, 0.15) is 17.3 Å². The summed E-state index contributed by atoms with van der Waals surface area (Å²) in [6.45, 7) is 1.31. The highest BCUT2D eigenvalue weighted by Gasteiger charge is 2.28. The van der Waals surface area contributed by atoms with Crippen LogP contribution in [0.3, 0.4) is 0 Å². The molecule has 0 saturated carbocycles. The zero-order chi connectivity index (χ0) is 27.1. The summed E-state index contributed by atoms with van der Waals surface area (Å²) >= 11 is 0. The molecule has 2 heterocycles. The first-order chi connectivity index (χ1) is 17.4. The number of nitrogens with two attached hydrogens (primary N) is 1. The SMILES string of the molecule is CCc1cc2c(-c3ccc[nH]c3=O)c(C(=O)NS(C)(=O)=O)n(Cc3cc(C(N)=O)ccc3F)c2cc1F. The predicted octanol–water partition coefficient (Wildman–Crippen LogP) is 2.67. The van der Waals surface area contributed by atoms with Crippen molar-refractivity contribution in [3.63, 3.8) is 0 Å². The highest BCUT2D eigenvalue weighted by atomic mass is 32.2. The molecule has 37 heavy (non-hydrogen) atoms. The van der Waals surface area contributed by atoms with Gasteiger partial charge in [-0.1, -0.05) is 6.92 Å². The van der Waals surface area contributed by atoms with Crippen LogP contribution in [0.1, 0.15) is 38.9 Å². The number of primary amides is 1. The number of aromatic nitrogens is 2. The maximum atomic E-state index is 15.0. The number of H-pyrrole nitrogens is 1. The maximum absolute atomic E-state index is 15.0. The number of carbonyl (C=O) groups excluding carboxylic acids is 2. The molecule has 0 unspecified atom stereocenters. The van der Waals surface area contributed by atoms with Gasteiger partial charge in [-0.25, -0.2) is 21.9 Å². The van der Waals surface area contributed by atoms with Crippen LogP contribution >= 0.6 is 0 Å². The largest absolute Gasteiger partial charge is 0.366 e. The van der Waals surface area contributed by atoms with Gasteiger partial charge in [0, 0.05) is 33.8 Å². The fraction of sp³-hybridized carbons (Fsp3) is 0.160. The number of sulfonamides is 1. The quantitative estimate of drug-likeness (QED) is 0.338. The summed E-state index contributed by atoms with van der Waals surface area (Å²) in [6, 6.07) is 8.95. The Balaban J connectivity index is 2.14. The summed E-state index contributed by atoms with van der Waals surface area (Å²) in [4.78, 5) is 40.3. The zero-order valence-corrected chi connectivity index (χ0v) is 20.6. The van der Waals surface area contributed by atoms with Gasteiger partial charge in [0.25, 0.3) is 11.5 Å². The number of halogens is 2. The minimum absolute atomic E-state index is 0.00539. The van der Waals surface area contributed by atoms with Gasteiger partial charge in [-0.2, -0.15) is 0 Å². The molecule has 0 radical (unpaired) electrons. The fourth-order valence-corrected chi connectivity index (χ4v) is 4.65. The minimum atomic E-state index is -4.06. The van der Waals surface area contributed by atoms with Crippen LogP contribution in [-0.4, -0.2) is 36.0 Å². The van der Waals surface area contributed by atoms with Crippen molar-refractivity contribution in [3.05, 3.63) is 93.0 Å². The number of rotatable bonds is 7. The standard InChI is InChI=1S/C25H22F2N4O5S/c1-3-13-10-17-20(11-19(13)27)31(12-15-9-14(23(28)32)6-7-18(15)26)22(25(34)30-37(2,35)36)21(17)16-5-4-8-29-24(16)33/h4-11H,3,12H2,1-2H3,(H2,28,32)(H,29,33)(H,30,34). The van der Waals surface area contributed by atoms with Crippen LogP contribution in [0.25, 0.3) is 22.0 Å². The number of nitrogens with zero attached hydrogens (tertiary/aromatic N) is 1. The summed E-state index contributed by atoms with van der Waals surface area (Å²) in [5, 5.41) is 0.278. The molecule has 2 aromatic heterocycles. The molecule has 2 amide bonds. The third-order valence-electron chi connectivity index (χ3n) is 5.85. The molecule has 0 aliphatic heterocycles. The van der Waals surface area contributed by atoms with E-state index in [4.69, 9.17) is 5.73 Å². The first-order valence-electron chi connectivity index (χ1n) is 11.0. The lowest BCUT2D eigenvalue weighted by atomic mass is 10.0. The van der Waals surface area contributed by atoms with Crippen molar-refractivity contribution in [2.75, 3.05) is 6.26 Å². The molecule has 12 heteroatoms. The topological polar surface area (TPSA) is 144 Å². The average molecular weight is 529 g/mol. The Morgan fingerprint density at radius 2 is 1.81 bits per heavy atom. The van der Waals surface area contributed by atoms with Crippen LogP contribution in [-0.2, 0) is 23.0 Å². The van der Waals surface area contributed by atoms with E-state index in [1.54, 1.807) is 6.92 Å². The Morgan fingerprint density at radius 3 is 2.43 bits per heavy atom. The summed E-state index contributed by atoms with van der Waals surface area (Å²) in [5.41, 5.74) is 4.80. The molecule has 0 spiro atoms. The van der Waals surface area contributed by atoms with E-state index in [0.29, 0.717) is 0 Å². The second-order valence-corrected chi connectivity index (χ2v) is 10.2. The molecule has 2 aromatic carbocycles. The Morgan fingerprint density at radius 1 is 1.08 bits per heavy atom. The number of amides is 2. The van der Waals surface area contributed by atoms with Gasteiger partial charge in [-0.3, -0.25) is 14.4 Å². The van der Waals surface area contributed by atoms with Crippen molar-refractivity contribution in [2.45, 2.75) is 19.9 Å². The first-order valence-corrected chi connectivity index (χ1v) is 12.9. The van der Waals surface area contributed by atoms with Gasteiger partial charge in [-0.05, 0) is 54.4 Å². The van der Waals surface area contributed by atoms with Gasteiger partial charge in [-0.15, -0.1) is 0 Å². The normalized spacial score (nSPS) is 11.6. The number of aromatic amines is 1. The molecular formula is C25H22F2N4O5S. The summed E-state index contributed by atoms with van der Waals surface area (Å²) in [7, 11) is -4.06. The smallest absolute Gasteiger partial charge is 0.282 e. The van der Waals surface area contributed by atoms with Crippen molar-refractivity contribution in [1.29, 1.82) is 0 Å². The monoisotopic (exact) mass is 528 g/mol. The van der Waals surface area contributed by atoms with E-state index < -0.39 is 45.6 Å². The molecule has 0 saturated heterocycles. The van der Waals surface area contributed by atoms with E-state index in [1.165, 1.54) is 41.1 Å². The zero-order valence-electron chi connectivity index (χ0n) is 19.8. The van der Waals surface area contributed by atoms with Gasteiger partial charge >= 0.3 is 0 Å². The van der Waals surface area contributed by atoms with Crippen LogP contribution in [0.2, 0.25) is 0 Å². The second kappa shape index (κ2) is 9.62. The third-order valence-corrected chi connectivity index (χ3v) is 6.41. The number of carbonyl (C=O) groups is 2. The number of pyridine rings is 1. The molecule has 4 N–H and O–H groups in total. The minimum Gasteiger partial charge on any atom is -0.366 e.